The first-order valence-electron chi connectivity index (χ1n) is 8.88. The summed E-state index contributed by atoms with van der Waals surface area (Å²) in [7, 11) is 0. The summed E-state index contributed by atoms with van der Waals surface area (Å²) in [6.07, 6.45) is 6.02. The van der Waals surface area contributed by atoms with Crippen molar-refractivity contribution < 1.29 is 9.59 Å². The normalized spacial score (nSPS) is 30.2. The predicted octanol–water partition coefficient (Wildman–Crippen LogP) is 2.12. The molecule has 2 saturated heterocycles. The molecule has 3 aliphatic rings. The Labute approximate surface area is 133 Å². The van der Waals surface area contributed by atoms with Gasteiger partial charge in [-0.25, -0.2) is 4.79 Å². The van der Waals surface area contributed by atoms with Crippen LogP contribution in [0.15, 0.2) is 0 Å². The lowest BCUT2D eigenvalue weighted by molar-refractivity contribution is -0.134. The zero-order valence-corrected chi connectivity index (χ0v) is 13.9. The van der Waals surface area contributed by atoms with Crippen molar-refractivity contribution in [1.82, 2.24) is 15.5 Å². The number of urea groups is 1. The Balaban J connectivity index is 1.80. The number of amides is 3. The molecular weight excluding hydrogens is 278 g/mol. The summed E-state index contributed by atoms with van der Waals surface area (Å²) in [4.78, 5) is 27.1. The molecule has 3 rings (SSSR count). The van der Waals surface area contributed by atoms with Crippen molar-refractivity contribution in [2.45, 2.75) is 57.9 Å². The van der Waals surface area contributed by atoms with E-state index < -0.39 is 5.54 Å². The van der Waals surface area contributed by atoms with Crippen molar-refractivity contribution in [3.8, 4) is 0 Å². The van der Waals surface area contributed by atoms with Gasteiger partial charge in [0.25, 0.3) is 5.91 Å². The van der Waals surface area contributed by atoms with Crippen LogP contribution in [0, 0.1) is 17.8 Å². The van der Waals surface area contributed by atoms with Crippen LogP contribution in [0.1, 0.15) is 52.4 Å². The molecular formula is C17H29N3O2. The molecule has 1 atom stereocenters. The maximum Gasteiger partial charge on any atom is 0.325 e. The van der Waals surface area contributed by atoms with E-state index >= 15 is 0 Å². The van der Waals surface area contributed by atoms with E-state index in [1.165, 1.54) is 4.90 Å². The van der Waals surface area contributed by atoms with Gasteiger partial charge in [-0.05, 0) is 69.4 Å². The minimum Gasteiger partial charge on any atom is -0.323 e. The first kappa shape index (κ1) is 15.8. The third kappa shape index (κ3) is 3.00. The second kappa shape index (κ2) is 6.19. The maximum atomic E-state index is 13.1. The van der Waals surface area contributed by atoms with Crippen LogP contribution in [0.4, 0.5) is 4.79 Å². The Morgan fingerprint density at radius 1 is 1.18 bits per heavy atom. The van der Waals surface area contributed by atoms with Gasteiger partial charge in [0.2, 0.25) is 0 Å². The van der Waals surface area contributed by atoms with Gasteiger partial charge in [0, 0.05) is 6.54 Å². The van der Waals surface area contributed by atoms with Crippen molar-refractivity contribution in [2.24, 2.45) is 17.8 Å². The van der Waals surface area contributed by atoms with Crippen LogP contribution in [0.3, 0.4) is 0 Å². The Bertz CT molecular complexity index is 441. The molecule has 5 heteroatoms. The lowest BCUT2D eigenvalue weighted by atomic mass is 9.74. The van der Waals surface area contributed by atoms with Crippen molar-refractivity contribution >= 4 is 11.9 Å². The molecule has 5 nitrogen and oxygen atoms in total. The molecule has 0 aromatic carbocycles. The fourth-order valence-corrected chi connectivity index (χ4v) is 3.85. The minimum atomic E-state index is -0.641. The van der Waals surface area contributed by atoms with Gasteiger partial charge in [-0.2, -0.15) is 0 Å². The topological polar surface area (TPSA) is 61.4 Å². The van der Waals surface area contributed by atoms with E-state index in [4.69, 9.17) is 0 Å². The van der Waals surface area contributed by atoms with Gasteiger partial charge < -0.3 is 10.6 Å². The number of piperidine rings is 1. The van der Waals surface area contributed by atoms with Gasteiger partial charge in [-0.15, -0.1) is 0 Å². The standard InChI is InChI=1S/C17H29N3O2/c1-12(2)5-8-17(14-6-9-18-10-7-14)15(21)20(16(22)19-17)11-13-3-4-13/h12-14,18H,3-11H2,1-2H3,(H,19,22)/t17-/m1/s1. The van der Waals surface area contributed by atoms with E-state index in [9.17, 15) is 9.59 Å². The molecule has 0 unspecified atom stereocenters. The third-order valence-corrected chi connectivity index (χ3v) is 5.49. The molecule has 3 amide bonds. The third-order valence-electron chi connectivity index (χ3n) is 5.49. The van der Waals surface area contributed by atoms with Gasteiger partial charge in [-0.1, -0.05) is 13.8 Å². The lowest BCUT2D eigenvalue weighted by Crippen LogP contribution is -2.56. The van der Waals surface area contributed by atoms with Crippen LogP contribution >= 0.6 is 0 Å². The van der Waals surface area contributed by atoms with Crippen molar-refractivity contribution in [2.75, 3.05) is 19.6 Å². The maximum absolute atomic E-state index is 13.1. The van der Waals surface area contributed by atoms with Gasteiger partial charge in [-0.3, -0.25) is 9.69 Å². The van der Waals surface area contributed by atoms with E-state index in [0.717, 1.165) is 51.6 Å². The number of nitrogens with zero attached hydrogens (tertiary/aromatic N) is 1. The highest BCUT2D eigenvalue weighted by atomic mass is 16.2. The lowest BCUT2D eigenvalue weighted by Gasteiger charge is -2.38. The number of nitrogens with one attached hydrogen (secondary N) is 2. The summed E-state index contributed by atoms with van der Waals surface area (Å²) in [5.74, 6) is 1.41. The summed E-state index contributed by atoms with van der Waals surface area (Å²) < 4.78 is 0. The highest BCUT2D eigenvalue weighted by Gasteiger charge is 2.55. The number of carbonyl (C=O) groups is 2. The van der Waals surface area contributed by atoms with Gasteiger partial charge in [0.1, 0.15) is 5.54 Å². The van der Waals surface area contributed by atoms with E-state index in [1.54, 1.807) is 0 Å². The molecule has 0 radical (unpaired) electrons. The second-order valence-electron chi connectivity index (χ2n) is 7.72. The van der Waals surface area contributed by atoms with E-state index in [-0.39, 0.29) is 17.9 Å². The molecule has 0 aromatic rings. The number of rotatable bonds is 6. The summed E-state index contributed by atoms with van der Waals surface area (Å²) >= 11 is 0. The van der Waals surface area contributed by atoms with Crippen molar-refractivity contribution in [3.63, 3.8) is 0 Å². The fourth-order valence-electron chi connectivity index (χ4n) is 3.85. The van der Waals surface area contributed by atoms with E-state index in [1.807, 2.05) is 0 Å². The monoisotopic (exact) mass is 307 g/mol. The van der Waals surface area contributed by atoms with Gasteiger partial charge >= 0.3 is 6.03 Å². The number of imide groups is 1. The summed E-state index contributed by atoms with van der Waals surface area (Å²) in [5, 5.41) is 6.50. The molecule has 1 aliphatic carbocycles. The predicted molar refractivity (Wildman–Crippen MR) is 85.4 cm³/mol. The molecule has 22 heavy (non-hydrogen) atoms. The number of carbonyl (C=O) groups excluding carboxylic acids is 2. The molecule has 2 heterocycles. The summed E-state index contributed by atoms with van der Waals surface area (Å²) in [5.41, 5.74) is -0.641. The molecule has 0 spiro atoms. The van der Waals surface area contributed by atoms with Crippen LogP contribution in [0.5, 0.6) is 0 Å². The Kier molecular flexibility index (Phi) is 4.44. The zero-order valence-electron chi connectivity index (χ0n) is 13.9. The quantitative estimate of drug-likeness (QED) is 0.739. The molecule has 1 saturated carbocycles. The highest BCUT2D eigenvalue weighted by Crippen LogP contribution is 2.38. The first-order valence-corrected chi connectivity index (χ1v) is 8.88. The molecule has 124 valence electrons. The van der Waals surface area contributed by atoms with Crippen LogP contribution < -0.4 is 10.6 Å². The van der Waals surface area contributed by atoms with Crippen LogP contribution in [-0.4, -0.2) is 42.0 Å². The average Bonchev–Trinajstić information content (AvgIpc) is 3.29. The van der Waals surface area contributed by atoms with Crippen molar-refractivity contribution in [1.29, 1.82) is 0 Å². The molecule has 2 N–H and O–H groups in total. The second-order valence-corrected chi connectivity index (χ2v) is 7.72. The Morgan fingerprint density at radius 2 is 1.86 bits per heavy atom. The minimum absolute atomic E-state index is 0.0527. The average molecular weight is 307 g/mol. The zero-order chi connectivity index (χ0) is 15.7. The van der Waals surface area contributed by atoms with Gasteiger partial charge in [0.15, 0.2) is 0 Å². The molecule has 2 aliphatic heterocycles. The number of hydrogen-bond acceptors (Lipinski definition) is 3. The van der Waals surface area contributed by atoms with E-state index in [2.05, 4.69) is 24.5 Å². The smallest absolute Gasteiger partial charge is 0.323 e. The largest absolute Gasteiger partial charge is 0.325 e. The van der Waals surface area contributed by atoms with Crippen molar-refractivity contribution in [3.05, 3.63) is 0 Å². The summed E-state index contributed by atoms with van der Waals surface area (Å²) in [6.45, 7) is 6.87. The Morgan fingerprint density at radius 3 is 2.45 bits per heavy atom. The van der Waals surface area contributed by atoms with Crippen LogP contribution in [0.25, 0.3) is 0 Å². The number of hydrogen-bond donors (Lipinski definition) is 2. The Hall–Kier alpha value is -1.10. The van der Waals surface area contributed by atoms with Crippen LogP contribution in [-0.2, 0) is 4.79 Å². The first-order chi connectivity index (χ1) is 10.5. The van der Waals surface area contributed by atoms with E-state index in [0.29, 0.717) is 18.4 Å². The van der Waals surface area contributed by atoms with Crippen LogP contribution in [0.2, 0.25) is 0 Å². The molecule has 0 aromatic heterocycles. The molecule has 3 fully saturated rings. The SMILES string of the molecule is CC(C)CC[C@]1(C2CCNCC2)NC(=O)N(CC2CC2)C1=O. The van der Waals surface area contributed by atoms with Gasteiger partial charge in [0.05, 0.1) is 0 Å². The molecule has 0 bridgehead atoms. The fraction of sp³-hybridized carbons (Fsp3) is 0.882. The highest BCUT2D eigenvalue weighted by molar-refractivity contribution is 6.07. The summed E-state index contributed by atoms with van der Waals surface area (Å²) in [6, 6.07) is -0.154.